The summed E-state index contributed by atoms with van der Waals surface area (Å²) in [7, 11) is 0. The lowest BCUT2D eigenvalue weighted by Gasteiger charge is -2.33. The number of piperazine rings is 1. The summed E-state index contributed by atoms with van der Waals surface area (Å²) in [5, 5.41) is 14.3. The smallest absolute Gasteiger partial charge is 0.314 e. The van der Waals surface area contributed by atoms with Crippen LogP contribution in [-0.2, 0) is 0 Å². The van der Waals surface area contributed by atoms with Gasteiger partial charge in [0.25, 0.3) is 0 Å². The fourth-order valence-electron chi connectivity index (χ4n) is 2.22. The number of nitrogens with zero attached hydrogens (tertiary/aromatic N) is 2. The van der Waals surface area contributed by atoms with E-state index in [1.807, 2.05) is 12.1 Å². The van der Waals surface area contributed by atoms with Gasteiger partial charge in [-0.15, -0.1) is 6.58 Å². The van der Waals surface area contributed by atoms with Gasteiger partial charge in [-0.2, -0.15) is 0 Å². The zero-order valence-corrected chi connectivity index (χ0v) is 11.0. The molecule has 0 unspecified atom stereocenters. The van der Waals surface area contributed by atoms with Gasteiger partial charge in [-0.1, -0.05) is 17.4 Å². The van der Waals surface area contributed by atoms with Crippen molar-refractivity contribution in [2.45, 2.75) is 12.5 Å². The summed E-state index contributed by atoms with van der Waals surface area (Å²) in [5.41, 5.74) is 0. The first-order valence-electron chi connectivity index (χ1n) is 6.02. The number of hydrogen-bond acceptors (Lipinski definition) is 5. The molecule has 0 amide bonds. The summed E-state index contributed by atoms with van der Waals surface area (Å²) in [5.74, 6) is 0. The number of nitro groups is 1. The van der Waals surface area contributed by atoms with Gasteiger partial charge >= 0.3 is 5.00 Å². The standard InChI is InChI=1S/C12H17N3O2S/c1-2-3-10(14-8-6-13-7-9-14)11-4-5-12(18-11)15(16)17/h2,4-5,10,13H,1,3,6-9H2/t10-/m1/s1. The van der Waals surface area contributed by atoms with Crippen LogP contribution in [0.15, 0.2) is 24.8 Å². The molecule has 1 aromatic rings. The van der Waals surface area contributed by atoms with E-state index >= 15 is 0 Å². The molecule has 0 saturated carbocycles. The van der Waals surface area contributed by atoms with Crippen LogP contribution in [0, 0.1) is 10.1 Å². The Morgan fingerprint density at radius 3 is 2.83 bits per heavy atom. The van der Waals surface area contributed by atoms with Crippen LogP contribution in [-0.4, -0.2) is 36.0 Å². The number of rotatable bonds is 5. The minimum absolute atomic E-state index is 0.217. The fraction of sp³-hybridized carbons (Fsp3) is 0.500. The van der Waals surface area contributed by atoms with Crippen molar-refractivity contribution in [2.24, 2.45) is 0 Å². The van der Waals surface area contributed by atoms with Gasteiger partial charge in [0.2, 0.25) is 0 Å². The summed E-state index contributed by atoms with van der Waals surface area (Å²) in [4.78, 5) is 13.8. The van der Waals surface area contributed by atoms with E-state index in [-0.39, 0.29) is 16.0 Å². The zero-order chi connectivity index (χ0) is 13.0. The molecule has 2 rings (SSSR count). The molecule has 0 aromatic carbocycles. The van der Waals surface area contributed by atoms with Crippen LogP contribution < -0.4 is 5.32 Å². The Morgan fingerprint density at radius 1 is 1.56 bits per heavy atom. The average Bonchev–Trinajstić information content (AvgIpc) is 2.86. The third-order valence-corrected chi connectivity index (χ3v) is 4.24. The Bertz CT molecular complexity index is 427. The maximum absolute atomic E-state index is 10.7. The highest BCUT2D eigenvalue weighted by Crippen LogP contribution is 2.34. The Morgan fingerprint density at radius 2 is 2.28 bits per heavy atom. The highest BCUT2D eigenvalue weighted by atomic mass is 32.1. The Kier molecular flexibility index (Phi) is 4.46. The Balaban J connectivity index is 2.16. The van der Waals surface area contributed by atoms with E-state index in [2.05, 4.69) is 16.8 Å². The average molecular weight is 267 g/mol. The topological polar surface area (TPSA) is 58.4 Å². The Labute approximate surface area is 110 Å². The van der Waals surface area contributed by atoms with E-state index in [0.29, 0.717) is 0 Å². The van der Waals surface area contributed by atoms with Crippen molar-refractivity contribution < 1.29 is 4.92 Å². The molecule has 1 N–H and O–H groups in total. The summed E-state index contributed by atoms with van der Waals surface area (Å²) < 4.78 is 0. The van der Waals surface area contributed by atoms with Gasteiger partial charge < -0.3 is 5.32 Å². The normalized spacial score (nSPS) is 18.4. The van der Waals surface area contributed by atoms with E-state index in [1.54, 1.807) is 6.07 Å². The van der Waals surface area contributed by atoms with Crippen molar-refractivity contribution in [3.05, 3.63) is 39.8 Å². The summed E-state index contributed by atoms with van der Waals surface area (Å²) in [6.07, 6.45) is 2.72. The first-order chi connectivity index (χ1) is 8.72. The van der Waals surface area contributed by atoms with E-state index < -0.39 is 0 Å². The van der Waals surface area contributed by atoms with Crippen molar-refractivity contribution in [3.63, 3.8) is 0 Å². The van der Waals surface area contributed by atoms with Crippen molar-refractivity contribution in [1.29, 1.82) is 0 Å². The molecule has 98 valence electrons. The lowest BCUT2D eigenvalue weighted by atomic mass is 10.1. The maximum atomic E-state index is 10.7. The van der Waals surface area contributed by atoms with E-state index in [4.69, 9.17) is 0 Å². The molecule has 0 bridgehead atoms. The molecule has 1 aliphatic rings. The molecule has 5 nitrogen and oxygen atoms in total. The molecule has 1 aliphatic heterocycles. The molecule has 18 heavy (non-hydrogen) atoms. The second-order valence-corrected chi connectivity index (χ2v) is 5.35. The Hall–Kier alpha value is -1.24. The number of thiophene rings is 1. The van der Waals surface area contributed by atoms with E-state index in [9.17, 15) is 10.1 Å². The van der Waals surface area contributed by atoms with Crippen LogP contribution >= 0.6 is 11.3 Å². The van der Waals surface area contributed by atoms with Crippen LogP contribution in [0.3, 0.4) is 0 Å². The molecule has 0 aliphatic carbocycles. The van der Waals surface area contributed by atoms with Gasteiger partial charge in [0.15, 0.2) is 0 Å². The molecule has 1 saturated heterocycles. The van der Waals surface area contributed by atoms with Crippen molar-refractivity contribution in [2.75, 3.05) is 26.2 Å². The first-order valence-corrected chi connectivity index (χ1v) is 6.84. The maximum Gasteiger partial charge on any atom is 0.324 e. The van der Waals surface area contributed by atoms with Gasteiger partial charge in [0.1, 0.15) is 0 Å². The molecule has 1 fully saturated rings. The molecule has 0 spiro atoms. The van der Waals surface area contributed by atoms with Gasteiger partial charge in [-0.3, -0.25) is 15.0 Å². The summed E-state index contributed by atoms with van der Waals surface area (Å²) >= 11 is 1.27. The third kappa shape index (κ3) is 2.95. The highest BCUT2D eigenvalue weighted by Gasteiger charge is 2.24. The first kappa shape index (κ1) is 13.2. The highest BCUT2D eigenvalue weighted by molar-refractivity contribution is 7.15. The second kappa shape index (κ2) is 6.08. The predicted molar refractivity (Wildman–Crippen MR) is 73.0 cm³/mol. The van der Waals surface area contributed by atoms with Crippen molar-refractivity contribution in [3.8, 4) is 0 Å². The quantitative estimate of drug-likeness (QED) is 0.504. The number of hydrogen-bond donors (Lipinski definition) is 1. The van der Waals surface area contributed by atoms with Crippen molar-refractivity contribution in [1.82, 2.24) is 10.2 Å². The second-order valence-electron chi connectivity index (χ2n) is 4.26. The monoisotopic (exact) mass is 267 g/mol. The lowest BCUT2D eigenvalue weighted by Crippen LogP contribution is -2.44. The predicted octanol–water partition coefficient (Wildman–Crippen LogP) is 2.18. The minimum Gasteiger partial charge on any atom is -0.314 e. The zero-order valence-electron chi connectivity index (χ0n) is 10.2. The SMILES string of the molecule is C=CC[C@H](c1ccc([N+](=O)[O-])s1)N1CCNCC1. The van der Waals surface area contributed by atoms with Crippen LogP contribution in [0.25, 0.3) is 0 Å². The largest absolute Gasteiger partial charge is 0.324 e. The lowest BCUT2D eigenvalue weighted by molar-refractivity contribution is -0.380. The van der Waals surface area contributed by atoms with Crippen LogP contribution in [0.1, 0.15) is 17.3 Å². The van der Waals surface area contributed by atoms with Crippen molar-refractivity contribution >= 4 is 16.3 Å². The molecule has 0 radical (unpaired) electrons. The molecular weight excluding hydrogens is 250 g/mol. The van der Waals surface area contributed by atoms with E-state index in [1.165, 1.54) is 11.3 Å². The molecule has 6 heteroatoms. The summed E-state index contributed by atoms with van der Waals surface area (Å²) in [6, 6.07) is 3.69. The third-order valence-electron chi connectivity index (χ3n) is 3.10. The van der Waals surface area contributed by atoms with Crippen LogP contribution in [0.5, 0.6) is 0 Å². The van der Waals surface area contributed by atoms with Gasteiger partial charge in [-0.05, 0) is 12.5 Å². The molecular formula is C12H17N3O2S. The van der Waals surface area contributed by atoms with Crippen LogP contribution in [0.2, 0.25) is 0 Å². The van der Waals surface area contributed by atoms with Gasteiger partial charge in [-0.25, -0.2) is 0 Å². The fourth-order valence-corrected chi connectivity index (χ4v) is 3.19. The number of nitrogens with one attached hydrogen (secondary N) is 1. The molecule has 2 heterocycles. The van der Waals surface area contributed by atoms with Gasteiger partial charge in [0.05, 0.1) is 4.92 Å². The minimum atomic E-state index is -0.323. The van der Waals surface area contributed by atoms with Crippen LogP contribution in [0.4, 0.5) is 5.00 Å². The van der Waals surface area contributed by atoms with Gasteiger partial charge in [0, 0.05) is 43.2 Å². The summed E-state index contributed by atoms with van der Waals surface area (Å²) in [6.45, 7) is 7.69. The molecule has 1 aromatic heterocycles. The van der Waals surface area contributed by atoms with E-state index in [0.717, 1.165) is 37.5 Å². The molecule has 1 atom stereocenters.